The number of ether oxygens (including phenoxy) is 1. The fourth-order valence-corrected chi connectivity index (χ4v) is 4.93. The minimum absolute atomic E-state index is 0.0999. The number of carbonyl (C=O) groups excluding carboxylic acids is 1. The molecule has 0 saturated heterocycles. The van der Waals surface area contributed by atoms with Gasteiger partial charge in [-0.15, -0.1) is 11.3 Å². The minimum atomic E-state index is -0.329. The first-order valence-electron chi connectivity index (χ1n) is 11.6. The largest absolute Gasteiger partial charge is 0.455 e. The smallest absolute Gasteiger partial charge is 0.247 e. The van der Waals surface area contributed by atoms with E-state index in [1.54, 1.807) is 17.4 Å². The molecule has 9 heteroatoms. The van der Waals surface area contributed by atoms with Crippen molar-refractivity contribution in [3.8, 4) is 11.5 Å². The van der Waals surface area contributed by atoms with E-state index < -0.39 is 0 Å². The number of carbonyl (C=O) groups is 1. The van der Waals surface area contributed by atoms with Crippen LogP contribution in [0.15, 0.2) is 59.7 Å². The summed E-state index contributed by atoms with van der Waals surface area (Å²) < 4.78 is 7.29. The van der Waals surface area contributed by atoms with Gasteiger partial charge >= 0.3 is 0 Å². The fraction of sp³-hybridized carbons (Fsp3) is 0.222. The fourth-order valence-electron chi connectivity index (χ4n) is 3.91. The van der Waals surface area contributed by atoms with Crippen LogP contribution in [0.2, 0.25) is 5.02 Å². The molecular weight excluding hydrogens is 494 g/mol. The number of hydrogen-bond donors (Lipinski definition) is 3. The van der Waals surface area contributed by atoms with Crippen LogP contribution in [0.25, 0.3) is 16.2 Å². The molecule has 0 unspecified atom stereocenters. The van der Waals surface area contributed by atoms with Crippen molar-refractivity contribution < 1.29 is 9.53 Å². The lowest BCUT2D eigenvalue weighted by molar-refractivity contribution is -0.118. The van der Waals surface area contributed by atoms with Crippen LogP contribution in [0.4, 0.5) is 17.3 Å². The number of amides is 1. The Hall–Kier alpha value is -3.62. The molecule has 0 saturated carbocycles. The second-order valence-electron chi connectivity index (χ2n) is 9.50. The maximum Gasteiger partial charge on any atom is 0.247 e. The van der Waals surface area contributed by atoms with E-state index in [9.17, 15) is 4.79 Å². The molecule has 1 aliphatic heterocycles. The summed E-state index contributed by atoms with van der Waals surface area (Å²) in [5.74, 6) is 2.46. The highest BCUT2D eigenvalue weighted by atomic mass is 35.5. The SMILES string of the molecule is CC(C)(C)NC(=O)C1=Cc2c(ncnc2Nc2ccc(Oc3cccc4sccc34)c(Cl)c2)NCC1. The van der Waals surface area contributed by atoms with Crippen LogP contribution < -0.4 is 20.7 Å². The quantitative estimate of drug-likeness (QED) is 0.263. The van der Waals surface area contributed by atoms with E-state index in [4.69, 9.17) is 16.3 Å². The van der Waals surface area contributed by atoms with Crippen LogP contribution in [-0.4, -0.2) is 28.0 Å². The van der Waals surface area contributed by atoms with Crippen LogP contribution in [0, 0.1) is 0 Å². The number of rotatable bonds is 5. The van der Waals surface area contributed by atoms with Crippen molar-refractivity contribution in [2.45, 2.75) is 32.7 Å². The Labute approximate surface area is 218 Å². The van der Waals surface area contributed by atoms with Gasteiger partial charge in [-0.2, -0.15) is 0 Å². The molecule has 184 valence electrons. The number of nitrogens with one attached hydrogen (secondary N) is 3. The van der Waals surface area contributed by atoms with Crippen molar-refractivity contribution >= 4 is 62.3 Å². The van der Waals surface area contributed by atoms with Crippen LogP contribution in [0.1, 0.15) is 32.8 Å². The second-order valence-corrected chi connectivity index (χ2v) is 10.9. The highest BCUT2D eigenvalue weighted by Gasteiger charge is 2.21. The van der Waals surface area contributed by atoms with Gasteiger partial charge in [0.2, 0.25) is 5.91 Å². The number of anilines is 3. The number of aromatic nitrogens is 2. The molecule has 0 spiro atoms. The molecule has 1 amide bonds. The van der Waals surface area contributed by atoms with Gasteiger partial charge in [0, 0.05) is 33.4 Å². The molecule has 0 atom stereocenters. The molecule has 5 rings (SSSR count). The highest BCUT2D eigenvalue weighted by molar-refractivity contribution is 7.17. The third kappa shape index (κ3) is 5.29. The highest BCUT2D eigenvalue weighted by Crippen LogP contribution is 2.37. The van der Waals surface area contributed by atoms with E-state index in [2.05, 4.69) is 32.0 Å². The molecule has 7 nitrogen and oxygen atoms in total. The van der Waals surface area contributed by atoms with Gasteiger partial charge in [0.15, 0.2) is 0 Å². The van der Waals surface area contributed by atoms with Crippen molar-refractivity contribution in [2.75, 3.05) is 17.2 Å². The average molecular weight is 520 g/mol. The third-order valence-electron chi connectivity index (χ3n) is 5.54. The Kier molecular flexibility index (Phi) is 6.55. The van der Waals surface area contributed by atoms with Gasteiger partial charge in [0.05, 0.1) is 10.6 Å². The van der Waals surface area contributed by atoms with Gasteiger partial charge in [-0.25, -0.2) is 9.97 Å². The number of nitrogens with zero attached hydrogens (tertiary/aromatic N) is 2. The zero-order valence-electron chi connectivity index (χ0n) is 20.2. The Morgan fingerprint density at radius 2 is 2.00 bits per heavy atom. The van der Waals surface area contributed by atoms with Crippen molar-refractivity contribution in [1.29, 1.82) is 0 Å². The summed E-state index contributed by atoms with van der Waals surface area (Å²) in [6.07, 6.45) is 3.91. The molecular formula is C27H26ClN5O2S. The molecule has 0 bridgehead atoms. The summed E-state index contributed by atoms with van der Waals surface area (Å²) in [4.78, 5) is 21.6. The zero-order valence-corrected chi connectivity index (χ0v) is 21.8. The zero-order chi connectivity index (χ0) is 25.3. The number of fused-ring (bicyclic) bond motifs is 2. The summed E-state index contributed by atoms with van der Waals surface area (Å²) in [6, 6.07) is 13.5. The van der Waals surface area contributed by atoms with Crippen LogP contribution in [0.5, 0.6) is 11.5 Å². The van der Waals surface area contributed by atoms with E-state index in [1.807, 2.05) is 62.6 Å². The predicted octanol–water partition coefficient (Wildman–Crippen LogP) is 6.99. The standard InChI is InChI=1S/C27H26ClN5O2S/c1-27(2,3)33-26(34)16-9-11-29-24-19(13-16)25(31-15-30-24)32-17-7-8-22(20(28)14-17)35-21-5-4-6-23-18(21)10-12-36-23/h4-8,10,12-15H,9,11H2,1-3H3,(H,33,34)(H2,29,30,31,32). The van der Waals surface area contributed by atoms with Gasteiger partial charge in [-0.3, -0.25) is 4.79 Å². The normalized spacial score (nSPS) is 13.3. The molecule has 36 heavy (non-hydrogen) atoms. The summed E-state index contributed by atoms with van der Waals surface area (Å²) in [7, 11) is 0. The summed E-state index contributed by atoms with van der Waals surface area (Å²) in [5, 5.41) is 13.2. The third-order valence-corrected chi connectivity index (χ3v) is 6.72. The molecule has 3 N–H and O–H groups in total. The lowest BCUT2D eigenvalue weighted by Crippen LogP contribution is -2.41. The van der Waals surface area contributed by atoms with E-state index in [0.29, 0.717) is 40.9 Å². The van der Waals surface area contributed by atoms with Gasteiger partial charge in [-0.1, -0.05) is 17.7 Å². The van der Waals surface area contributed by atoms with Gasteiger partial charge in [-0.05, 0) is 75.0 Å². The number of benzene rings is 2. The molecule has 2 aromatic carbocycles. The van der Waals surface area contributed by atoms with E-state index in [1.165, 1.54) is 6.33 Å². The minimum Gasteiger partial charge on any atom is -0.455 e. The first kappa shape index (κ1) is 24.1. The Balaban J connectivity index is 1.41. The van der Waals surface area contributed by atoms with Crippen molar-refractivity contribution in [1.82, 2.24) is 15.3 Å². The Morgan fingerprint density at radius 3 is 2.81 bits per heavy atom. The molecule has 1 aliphatic rings. The van der Waals surface area contributed by atoms with Crippen LogP contribution in [-0.2, 0) is 4.79 Å². The van der Waals surface area contributed by atoms with Crippen molar-refractivity contribution in [2.24, 2.45) is 0 Å². The molecule has 3 heterocycles. The second kappa shape index (κ2) is 9.79. The number of halogens is 1. The summed E-state index contributed by atoms with van der Waals surface area (Å²) in [6.45, 7) is 6.48. The van der Waals surface area contributed by atoms with Crippen LogP contribution >= 0.6 is 22.9 Å². The monoisotopic (exact) mass is 519 g/mol. The molecule has 4 aromatic rings. The predicted molar refractivity (Wildman–Crippen MR) is 148 cm³/mol. The summed E-state index contributed by atoms with van der Waals surface area (Å²) in [5.41, 5.74) is 1.79. The van der Waals surface area contributed by atoms with E-state index in [0.717, 1.165) is 27.1 Å². The maximum atomic E-state index is 12.8. The van der Waals surface area contributed by atoms with E-state index >= 15 is 0 Å². The Bertz CT molecular complexity index is 1470. The van der Waals surface area contributed by atoms with Gasteiger partial charge in [0.1, 0.15) is 29.5 Å². The molecule has 0 radical (unpaired) electrons. The van der Waals surface area contributed by atoms with Crippen molar-refractivity contribution in [3.63, 3.8) is 0 Å². The number of hydrogen-bond acceptors (Lipinski definition) is 7. The maximum absolute atomic E-state index is 12.8. The number of thiophene rings is 1. The molecule has 0 fully saturated rings. The Morgan fingerprint density at radius 1 is 1.14 bits per heavy atom. The lowest BCUT2D eigenvalue weighted by atomic mass is 10.1. The molecule has 0 aliphatic carbocycles. The topological polar surface area (TPSA) is 88.2 Å². The lowest BCUT2D eigenvalue weighted by Gasteiger charge is -2.21. The first-order valence-corrected chi connectivity index (χ1v) is 12.9. The first-order chi connectivity index (χ1) is 17.3. The molecule has 2 aromatic heterocycles. The van der Waals surface area contributed by atoms with Gasteiger partial charge in [0.25, 0.3) is 0 Å². The van der Waals surface area contributed by atoms with Crippen LogP contribution in [0.3, 0.4) is 0 Å². The van der Waals surface area contributed by atoms with Gasteiger partial charge < -0.3 is 20.7 Å². The van der Waals surface area contributed by atoms with Crippen molar-refractivity contribution in [3.05, 3.63) is 70.3 Å². The van der Waals surface area contributed by atoms with E-state index in [-0.39, 0.29) is 11.4 Å². The summed E-state index contributed by atoms with van der Waals surface area (Å²) >= 11 is 8.26. The average Bonchev–Trinajstić information content (AvgIpc) is 3.19.